The van der Waals surface area contributed by atoms with E-state index in [0.29, 0.717) is 12.8 Å². The van der Waals surface area contributed by atoms with Crippen LogP contribution in [0, 0.1) is 0 Å². The summed E-state index contributed by atoms with van der Waals surface area (Å²) in [7, 11) is 5.39. The maximum absolute atomic E-state index is 12.7. The van der Waals surface area contributed by atoms with E-state index >= 15 is 0 Å². The molecule has 0 aliphatic rings. The molecule has 0 saturated carbocycles. The number of carbonyl (C=O) groups is 3. The zero-order chi connectivity index (χ0) is 45.6. The number of hydrogen-bond donors (Lipinski definition) is 0. The second-order valence-corrected chi connectivity index (χ2v) is 17.7. The van der Waals surface area contributed by atoms with Crippen molar-refractivity contribution in [2.75, 3.05) is 41.0 Å². The predicted molar refractivity (Wildman–Crippen MR) is 259 cm³/mol. The SMILES string of the molecule is CC/C=C/C/C=C/C/C=C/C/C=C/CCCCCC(=O)OC(COCCC(C(=O)[O-])[N+](C)(C)C)COC(=O)CCCCCCCCC/C=C/C/C=C/CCCCCCCCCC. The number of nitrogens with zero attached hydrogens (tertiary/aromatic N) is 1. The summed E-state index contributed by atoms with van der Waals surface area (Å²) < 4.78 is 17.2. The van der Waals surface area contributed by atoms with Gasteiger partial charge in [-0.3, -0.25) is 9.59 Å². The van der Waals surface area contributed by atoms with Crippen molar-refractivity contribution in [2.24, 2.45) is 0 Å². The summed E-state index contributed by atoms with van der Waals surface area (Å²) in [5, 5.41) is 11.7. The molecule has 8 heteroatoms. The second kappa shape index (κ2) is 44.4. The first-order valence-corrected chi connectivity index (χ1v) is 25.0. The Morgan fingerprint density at radius 1 is 0.500 bits per heavy atom. The standard InChI is InChI=1S/C54H93NO7/c1-6-8-10-12-14-16-18-20-22-24-25-26-27-28-29-31-32-34-36-38-40-42-44-52(56)61-49-50(48-60-47-46-51(54(58)59)55(3,4)5)62-53(57)45-43-41-39-37-35-33-30-23-21-19-17-15-13-11-9-7-2/h9,11,15,17,21,23-25,27-28,33,35,50-51H,6-8,10,12-14,16,18-20,22,26,29-32,34,36-49H2,1-5H3/b11-9+,17-15+,23-21+,25-24+,28-27+,35-33+. The smallest absolute Gasteiger partial charge is 0.306 e. The Kier molecular flexibility index (Phi) is 42.1. The fourth-order valence-electron chi connectivity index (χ4n) is 6.97. The number of carboxylic acid groups (broad SMARTS) is 1. The fourth-order valence-corrected chi connectivity index (χ4v) is 6.97. The number of quaternary nitrogens is 1. The number of rotatable bonds is 44. The molecule has 0 aromatic carbocycles. The van der Waals surface area contributed by atoms with Crippen molar-refractivity contribution in [3.05, 3.63) is 72.9 Å². The van der Waals surface area contributed by atoms with Crippen LogP contribution in [-0.2, 0) is 28.6 Å². The Hall–Kier alpha value is -3.23. The van der Waals surface area contributed by atoms with Gasteiger partial charge in [0, 0.05) is 19.3 Å². The van der Waals surface area contributed by atoms with Crippen LogP contribution >= 0.6 is 0 Å². The van der Waals surface area contributed by atoms with Gasteiger partial charge in [-0.05, 0) is 83.5 Å². The van der Waals surface area contributed by atoms with E-state index in [9.17, 15) is 19.5 Å². The number of hydrogen-bond acceptors (Lipinski definition) is 7. The lowest BCUT2D eigenvalue weighted by molar-refractivity contribution is -0.889. The van der Waals surface area contributed by atoms with Crippen molar-refractivity contribution in [3.63, 3.8) is 0 Å². The molecule has 0 saturated heterocycles. The van der Waals surface area contributed by atoms with Crippen molar-refractivity contribution >= 4 is 17.9 Å². The van der Waals surface area contributed by atoms with Crippen LogP contribution in [0.25, 0.3) is 0 Å². The highest BCUT2D eigenvalue weighted by Gasteiger charge is 2.25. The number of allylic oxidation sites excluding steroid dienone is 12. The average molecular weight is 868 g/mol. The minimum Gasteiger partial charge on any atom is -0.544 e. The lowest BCUT2D eigenvalue weighted by Gasteiger charge is -2.34. The first kappa shape index (κ1) is 58.8. The molecule has 0 heterocycles. The van der Waals surface area contributed by atoms with E-state index in [2.05, 4.69) is 86.8 Å². The third-order valence-corrected chi connectivity index (χ3v) is 10.8. The highest BCUT2D eigenvalue weighted by Crippen LogP contribution is 2.14. The van der Waals surface area contributed by atoms with Crippen molar-refractivity contribution in [2.45, 2.75) is 212 Å². The van der Waals surface area contributed by atoms with Crippen molar-refractivity contribution in [1.82, 2.24) is 0 Å². The molecule has 2 atom stereocenters. The van der Waals surface area contributed by atoms with E-state index in [1.165, 1.54) is 83.5 Å². The van der Waals surface area contributed by atoms with Crippen molar-refractivity contribution < 1.29 is 38.2 Å². The minimum atomic E-state index is -1.13. The van der Waals surface area contributed by atoms with Crippen LogP contribution in [0.4, 0.5) is 0 Å². The number of esters is 2. The molecular weight excluding hydrogens is 775 g/mol. The molecule has 2 unspecified atom stereocenters. The summed E-state index contributed by atoms with van der Waals surface area (Å²) in [4.78, 5) is 37.0. The Labute approximate surface area is 381 Å². The molecular formula is C54H93NO7. The number of ether oxygens (including phenoxy) is 3. The van der Waals surface area contributed by atoms with E-state index < -0.39 is 18.1 Å². The second-order valence-electron chi connectivity index (χ2n) is 17.7. The molecule has 0 bridgehead atoms. The van der Waals surface area contributed by atoms with Crippen LogP contribution in [0.15, 0.2) is 72.9 Å². The molecule has 356 valence electrons. The zero-order valence-corrected chi connectivity index (χ0v) is 40.5. The third kappa shape index (κ3) is 42.1. The monoisotopic (exact) mass is 868 g/mol. The largest absolute Gasteiger partial charge is 0.544 e. The topological polar surface area (TPSA) is 102 Å². The van der Waals surface area contributed by atoms with Crippen LogP contribution in [-0.4, -0.2) is 75.5 Å². The van der Waals surface area contributed by atoms with Gasteiger partial charge < -0.3 is 28.6 Å². The first-order chi connectivity index (χ1) is 30.1. The Bertz CT molecular complexity index is 1240. The number of unbranched alkanes of at least 4 members (excludes halogenated alkanes) is 18. The van der Waals surface area contributed by atoms with E-state index in [0.717, 1.165) is 77.0 Å². The fraction of sp³-hybridized carbons (Fsp3) is 0.722. The molecule has 0 amide bonds. The van der Waals surface area contributed by atoms with Crippen molar-refractivity contribution in [1.29, 1.82) is 0 Å². The van der Waals surface area contributed by atoms with Gasteiger partial charge in [0.25, 0.3) is 0 Å². The summed E-state index contributed by atoms with van der Waals surface area (Å²) in [6, 6.07) is -0.737. The number of likely N-dealkylation sites (N-methyl/N-ethyl adjacent to an activating group) is 1. The molecule has 0 spiro atoms. The zero-order valence-electron chi connectivity index (χ0n) is 40.5. The quantitative estimate of drug-likeness (QED) is 0.0260. The number of aliphatic carboxylic acids is 1. The summed E-state index contributed by atoms with van der Waals surface area (Å²) in [5.41, 5.74) is 0. The maximum Gasteiger partial charge on any atom is 0.306 e. The molecule has 0 aromatic heterocycles. The molecule has 0 radical (unpaired) electrons. The van der Waals surface area contributed by atoms with Crippen LogP contribution in [0.2, 0.25) is 0 Å². The molecule has 8 nitrogen and oxygen atoms in total. The molecule has 0 fully saturated rings. The van der Waals surface area contributed by atoms with E-state index in [4.69, 9.17) is 14.2 Å². The van der Waals surface area contributed by atoms with Gasteiger partial charge in [-0.25, -0.2) is 0 Å². The van der Waals surface area contributed by atoms with Gasteiger partial charge in [0.2, 0.25) is 0 Å². The Balaban J connectivity index is 4.31. The molecule has 0 N–H and O–H groups in total. The van der Waals surface area contributed by atoms with E-state index in [1.807, 2.05) is 0 Å². The molecule has 0 aromatic rings. The molecule has 0 rings (SSSR count). The lowest BCUT2D eigenvalue weighted by Crippen LogP contribution is -2.55. The van der Waals surface area contributed by atoms with Gasteiger partial charge in [0.15, 0.2) is 6.10 Å². The molecule has 0 aliphatic heterocycles. The highest BCUT2D eigenvalue weighted by molar-refractivity contribution is 5.70. The summed E-state index contributed by atoms with van der Waals surface area (Å²) >= 11 is 0. The maximum atomic E-state index is 12.7. The third-order valence-electron chi connectivity index (χ3n) is 10.8. The predicted octanol–water partition coefficient (Wildman–Crippen LogP) is 13.0. The highest BCUT2D eigenvalue weighted by atomic mass is 16.6. The Morgan fingerprint density at radius 3 is 1.35 bits per heavy atom. The van der Waals surface area contributed by atoms with Gasteiger partial charge in [0.1, 0.15) is 12.6 Å². The van der Waals surface area contributed by atoms with Gasteiger partial charge >= 0.3 is 11.9 Å². The molecule has 62 heavy (non-hydrogen) atoms. The van der Waals surface area contributed by atoms with Crippen molar-refractivity contribution in [3.8, 4) is 0 Å². The number of carbonyl (C=O) groups excluding carboxylic acids is 3. The first-order valence-electron chi connectivity index (χ1n) is 25.0. The normalized spacial score (nSPS) is 13.5. The summed E-state index contributed by atoms with van der Waals surface area (Å²) in [6.07, 6.45) is 56.5. The minimum absolute atomic E-state index is 0.0218. The van der Waals surface area contributed by atoms with Gasteiger partial charge in [-0.15, -0.1) is 0 Å². The molecule has 0 aliphatic carbocycles. The van der Waals surface area contributed by atoms with Crippen LogP contribution in [0.1, 0.15) is 200 Å². The number of carboxylic acids is 1. The summed E-state index contributed by atoms with van der Waals surface area (Å²) in [5.74, 6) is -1.79. The van der Waals surface area contributed by atoms with Gasteiger partial charge in [-0.1, -0.05) is 170 Å². The average Bonchev–Trinajstić information content (AvgIpc) is 3.23. The summed E-state index contributed by atoms with van der Waals surface area (Å²) in [6.45, 7) is 4.51. The lowest BCUT2D eigenvalue weighted by atomic mass is 10.1. The van der Waals surface area contributed by atoms with Gasteiger partial charge in [0.05, 0.1) is 40.3 Å². The Morgan fingerprint density at radius 2 is 0.903 bits per heavy atom. The van der Waals surface area contributed by atoms with E-state index in [-0.39, 0.29) is 49.1 Å². The van der Waals surface area contributed by atoms with Gasteiger partial charge in [-0.2, -0.15) is 0 Å². The van der Waals surface area contributed by atoms with E-state index in [1.54, 1.807) is 21.1 Å². The van der Waals surface area contributed by atoms with Crippen LogP contribution in [0.3, 0.4) is 0 Å². The van der Waals surface area contributed by atoms with Crippen LogP contribution in [0.5, 0.6) is 0 Å². The van der Waals surface area contributed by atoms with Crippen LogP contribution < -0.4 is 5.11 Å².